The summed E-state index contributed by atoms with van der Waals surface area (Å²) >= 11 is 5.27. The average Bonchev–Trinajstić information content (AvgIpc) is 2.69. The molecule has 2 nitrogen and oxygen atoms in total. The van der Waals surface area contributed by atoms with Crippen LogP contribution < -0.4 is 10.2 Å². The number of halogens is 1. The summed E-state index contributed by atoms with van der Waals surface area (Å²) in [4.78, 5) is 2.54. The number of hydrogen-bond donors (Lipinski definition) is 1. The molecule has 2 rings (SSSR count). The zero-order valence-corrected chi connectivity index (χ0v) is 15.3. The van der Waals surface area contributed by atoms with Crippen molar-refractivity contribution in [3.8, 4) is 0 Å². The van der Waals surface area contributed by atoms with E-state index in [0.717, 1.165) is 6.54 Å². The van der Waals surface area contributed by atoms with Crippen LogP contribution in [0.25, 0.3) is 0 Å². The molecule has 0 saturated heterocycles. The summed E-state index contributed by atoms with van der Waals surface area (Å²) in [5, 5.41) is 3.66. The molecule has 3 heteroatoms. The van der Waals surface area contributed by atoms with Gasteiger partial charge in [0.2, 0.25) is 0 Å². The van der Waals surface area contributed by atoms with Crippen LogP contribution in [0.4, 0.5) is 5.69 Å². The molecule has 0 fully saturated rings. The third-order valence-corrected chi connectivity index (χ3v) is 4.18. The second kappa shape index (κ2) is 7.51. The molecule has 1 aliphatic rings. The highest BCUT2D eigenvalue weighted by molar-refractivity contribution is 6.20. The van der Waals surface area contributed by atoms with E-state index in [2.05, 4.69) is 62.2 Å². The Balaban J connectivity index is 0.000000491. The fourth-order valence-corrected chi connectivity index (χ4v) is 2.77. The molecule has 0 amide bonds. The van der Waals surface area contributed by atoms with Gasteiger partial charge in [-0.05, 0) is 46.4 Å². The number of likely N-dealkylation sites (N-methyl/N-ethyl adjacent to an activating group) is 1. The van der Waals surface area contributed by atoms with E-state index in [9.17, 15) is 0 Å². The van der Waals surface area contributed by atoms with Crippen molar-refractivity contribution in [3.63, 3.8) is 0 Å². The Morgan fingerprint density at radius 3 is 2.19 bits per heavy atom. The van der Waals surface area contributed by atoms with E-state index < -0.39 is 0 Å². The lowest BCUT2D eigenvalue weighted by Gasteiger charge is -2.33. The molecule has 2 atom stereocenters. The first-order chi connectivity index (χ1) is 9.70. The molecule has 0 aromatic heterocycles. The van der Waals surface area contributed by atoms with E-state index in [-0.39, 0.29) is 5.41 Å². The molecule has 0 spiro atoms. The number of anilines is 1. The lowest BCUT2D eigenvalue weighted by Crippen LogP contribution is -2.46. The van der Waals surface area contributed by atoms with Gasteiger partial charge in [0, 0.05) is 35.1 Å². The van der Waals surface area contributed by atoms with Crippen molar-refractivity contribution < 1.29 is 0 Å². The minimum Gasteiger partial charge on any atom is -0.366 e. The molecular formula is C18H31ClN2. The Hall–Kier alpha value is -0.730. The Kier molecular flexibility index (Phi) is 6.55. The second-order valence-corrected chi connectivity index (χ2v) is 7.73. The summed E-state index contributed by atoms with van der Waals surface area (Å²) in [7, 11) is 2.04. The van der Waals surface area contributed by atoms with Gasteiger partial charge in [0.05, 0.1) is 0 Å². The predicted octanol–water partition coefficient (Wildman–Crippen LogP) is 4.41. The average molecular weight is 311 g/mol. The lowest BCUT2D eigenvalue weighted by atomic mass is 9.87. The number of nitrogens with zero attached hydrogens (tertiary/aromatic N) is 1. The molecule has 2 unspecified atom stereocenters. The lowest BCUT2D eigenvalue weighted by molar-refractivity contribution is 0.456. The van der Waals surface area contributed by atoms with Crippen LogP contribution in [-0.4, -0.2) is 31.1 Å². The van der Waals surface area contributed by atoms with Crippen LogP contribution in [0.2, 0.25) is 0 Å². The predicted molar refractivity (Wildman–Crippen MR) is 95.8 cm³/mol. The zero-order chi connectivity index (χ0) is 16.2. The van der Waals surface area contributed by atoms with Crippen molar-refractivity contribution in [2.45, 2.75) is 64.4 Å². The molecule has 0 radical (unpaired) electrons. The van der Waals surface area contributed by atoms with Crippen molar-refractivity contribution in [2.75, 3.05) is 18.5 Å². The van der Waals surface area contributed by atoms with Gasteiger partial charge >= 0.3 is 0 Å². The quantitative estimate of drug-likeness (QED) is 0.832. The molecule has 1 aromatic carbocycles. The number of benzene rings is 1. The molecule has 1 N–H and O–H groups in total. The minimum absolute atomic E-state index is 0.262. The Morgan fingerprint density at radius 2 is 1.67 bits per heavy atom. The Labute approximate surface area is 135 Å². The van der Waals surface area contributed by atoms with Gasteiger partial charge in [-0.3, -0.25) is 0 Å². The molecule has 1 aliphatic heterocycles. The van der Waals surface area contributed by atoms with Gasteiger partial charge in [-0.15, -0.1) is 11.6 Å². The SMILES string of the molecule is CC(C)Cl.CNC(C)C(C)N1CC(C)(C)c2ccccc21. The van der Waals surface area contributed by atoms with Crippen molar-refractivity contribution in [3.05, 3.63) is 29.8 Å². The summed E-state index contributed by atoms with van der Waals surface area (Å²) in [6.07, 6.45) is 0. The fraction of sp³-hybridized carbons (Fsp3) is 0.667. The molecular weight excluding hydrogens is 280 g/mol. The van der Waals surface area contributed by atoms with Crippen LogP contribution in [-0.2, 0) is 5.41 Å². The zero-order valence-electron chi connectivity index (χ0n) is 14.6. The highest BCUT2D eigenvalue weighted by atomic mass is 35.5. The van der Waals surface area contributed by atoms with Gasteiger partial charge in [0.25, 0.3) is 0 Å². The van der Waals surface area contributed by atoms with E-state index in [1.807, 2.05) is 20.9 Å². The van der Waals surface area contributed by atoms with Crippen LogP contribution >= 0.6 is 11.6 Å². The summed E-state index contributed by atoms with van der Waals surface area (Å²) < 4.78 is 0. The molecule has 0 saturated carbocycles. The molecule has 120 valence electrons. The summed E-state index contributed by atoms with van der Waals surface area (Å²) in [5.41, 5.74) is 3.15. The first-order valence-electron chi connectivity index (χ1n) is 7.88. The normalized spacial score (nSPS) is 18.8. The van der Waals surface area contributed by atoms with Gasteiger partial charge in [-0.1, -0.05) is 32.0 Å². The maximum atomic E-state index is 5.27. The van der Waals surface area contributed by atoms with E-state index in [0.29, 0.717) is 17.5 Å². The highest BCUT2D eigenvalue weighted by Gasteiger charge is 2.37. The van der Waals surface area contributed by atoms with Gasteiger partial charge in [0.15, 0.2) is 0 Å². The maximum absolute atomic E-state index is 5.27. The number of nitrogens with one attached hydrogen (secondary N) is 1. The third-order valence-electron chi connectivity index (χ3n) is 4.18. The van der Waals surface area contributed by atoms with E-state index in [1.54, 1.807) is 0 Å². The van der Waals surface area contributed by atoms with E-state index >= 15 is 0 Å². The second-order valence-electron chi connectivity index (χ2n) is 6.86. The van der Waals surface area contributed by atoms with Gasteiger partial charge < -0.3 is 10.2 Å². The van der Waals surface area contributed by atoms with E-state index in [1.165, 1.54) is 11.3 Å². The van der Waals surface area contributed by atoms with Crippen molar-refractivity contribution >= 4 is 17.3 Å². The van der Waals surface area contributed by atoms with Crippen LogP contribution in [0, 0.1) is 0 Å². The van der Waals surface area contributed by atoms with Crippen LogP contribution in [0.3, 0.4) is 0 Å². The van der Waals surface area contributed by atoms with Gasteiger partial charge in [-0.2, -0.15) is 0 Å². The molecule has 0 bridgehead atoms. The highest BCUT2D eigenvalue weighted by Crippen LogP contribution is 2.41. The van der Waals surface area contributed by atoms with E-state index in [4.69, 9.17) is 11.6 Å². The Bertz CT molecular complexity index is 440. The topological polar surface area (TPSA) is 15.3 Å². The molecule has 1 aromatic rings. The summed E-state index contributed by atoms with van der Waals surface area (Å²) in [6.45, 7) is 14.2. The molecule has 21 heavy (non-hydrogen) atoms. The number of fused-ring (bicyclic) bond motifs is 1. The van der Waals surface area contributed by atoms with Crippen LogP contribution in [0.5, 0.6) is 0 Å². The maximum Gasteiger partial charge on any atom is 0.0412 e. The Morgan fingerprint density at radius 1 is 1.14 bits per heavy atom. The number of para-hydroxylation sites is 1. The third kappa shape index (κ3) is 4.62. The van der Waals surface area contributed by atoms with Gasteiger partial charge in [0.1, 0.15) is 0 Å². The smallest absolute Gasteiger partial charge is 0.0412 e. The number of hydrogen-bond acceptors (Lipinski definition) is 2. The van der Waals surface area contributed by atoms with Crippen LogP contribution in [0.1, 0.15) is 47.1 Å². The number of rotatable bonds is 3. The van der Waals surface area contributed by atoms with Crippen molar-refractivity contribution in [2.24, 2.45) is 0 Å². The van der Waals surface area contributed by atoms with Gasteiger partial charge in [-0.25, -0.2) is 0 Å². The molecule has 1 heterocycles. The monoisotopic (exact) mass is 310 g/mol. The summed E-state index contributed by atoms with van der Waals surface area (Å²) in [5.74, 6) is 0. The fourth-order valence-electron chi connectivity index (χ4n) is 2.77. The first-order valence-corrected chi connectivity index (χ1v) is 8.32. The number of alkyl halides is 1. The minimum atomic E-state index is 0.262. The molecule has 0 aliphatic carbocycles. The van der Waals surface area contributed by atoms with Crippen molar-refractivity contribution in [1.29, 1.82) is 0 Å². The first kappa shape index (κ1) is 18.3. The largest absolute Gasteiger partial charge is 0.366 e. The standard InChI is InChI=1S/C15H24N2.C3H7Cl/c1-11(16-5)12(2)17-10-15(3,4)13-8-6-7-9-14(13)17;1-3(2)4/h6-9,11-12,16H,10H2,1-5H3;3H,1-2H3. The van der Waals surface area contributed by atoms with Crippen molar-refractivity contribution in [1.82, 2.24) is 5.32 Å². The summed E-state index contributed by atoms with van der Waals surface area (Å²) in [6, 6.07) is 9.83. The van der Waals surface area contributed by atoms with Crippen LogP contribution in [0.15, 0.2) is 24.3 Å².